The Morgan fingerprint density at radius 3 is 2.42 bits per heavy atom. The molecule has 0 spiro atoms. The molecule has 3 aromatic carbocycles. The Kier molecular flexibility index (Phi) is 4.32. The second-order valence-corrected chi connectivity index (χ2v) is 7.13. The van der Waals surface area contributed by atoms with Crippen LogP contribution < -0.4 is 5.32 Å². The summed E-state index contributed by atoms with van der Waals surface area (Å²) < 4.78 is 14.1. The van der Waals surface area contributed by atoms with E-state index >= 15 is 0 Å². The summed E-state index contributed by atoms with van der Waals surface area (Å²) in [7, 11) is 0. The Morgan fingerprint density at radius 2 is 1.68 bits per heavy atom. The number of hydrogen-bond acceptors (Lipinski definition) is 4. The molecule has 4 aromatic rings. The summed E-state index contributed by atoms with van der Waals surface area (Å²) in [6.45, 7) is 0.0351. The maximum Gasteiger partial charge on any atom is 0.261 e. The highest BCUT2D eigenvalue weighted by Crippen LogP contribution is 2.26. The Bertz CT molecular complexity index is 1340. The minimum Gasteiger partial charge on any atom is -0.304 e. The molecule has 0 saturated carbocycles. The van der Waals surface area contributed by atoms with Crippen LogP contribution in [0.1, 0.15) is 36.6 Å². The second kappa shape index (κ2) is 7.17. The van der Waals surface area contributed by atoms with Crippen LogP contribution in [0.5, 0.6) is 0 Å². The van der Waals surface area contributed by atoms with E-state index < -0.39 is 11.7 Å². The summed E-state index contributed by atoms with van der Waals surface area (Å²) in [5, 5.41) is 9.45. The van der Waals surface area contributed by atoms with Gasteiger partial charge in [0.25, 0.3) is 17.7 Å². The molecule has 0 saturated heterocycles. The first kappa shape index (κ1) is 18.7. The second-order valence-electron chi connectivity index (χ2n) is 7.13. The minimum absolute atomic E-state index is 0.0351. The van der Waals surface area contributed by atoms with Gasteiger partial charge in [-0.05, 0) is 42.0 Å². The first-order valence-electron chi connectivity index (χ1n) is 9.51. The lowest BCUT2D eigenvalue weighted by Crippen LogP contribution is -2.29. The molecule has 0 fully saturated rings. The topological polar surface area (TPSA) is 95.2 Å². The van der Waals surface area contributed by atoms with Crippen LogP contribution in [0.25, 0.3) is 10.9 Å². The number of amides is 3. The van der Waals surface area contributed by atoms with E-state index in [0.29, 0.717) is 27.8 Å². The van der Waals surface area contributed by atoms with Crippen molar-refractivity contribution in [1.29, 1.82) is 0 Å². The van der Waals surface area contributed by atoms with Gasteiger partial charge in [0.05, 0.1) is 28.6 Å². The molecule has 7 nitrogen and oxygen atoms in total. The summed E-state index contributed by atoms with van der Waals surface area (Å²) in [5.41, 5.74) is 2.11. The molecular weight excluding hydrogens is 399 g/mol. The number of nitrogens with zero attached hydrogens (tertiary/aromatic N) is 2. The van der Waals surface area contributed by atoms with E-state index in [1.807, 2.05) is 0 Å². The zero-order valence-corrected chi connectivity index (χ0v) is 16.1. The van der Waals surface area contributed by atoms with E-state index in [2.05, 4.69) is 15.5 Å². The lowest BCUT2D eigenvalue weighted by atomic mass is 10.1. The van der Waals surface area contributed by atoms with Gasteiger partial charge in [-0.2, -0.15) is 5.10 Å². The average Bonchev–Trinajstić information content (AvgIpc) is 3.30. The number of benzene rings is 3. The Balaban J connectivity index is 1.38. The van der Waals surface area contributed by atoms with Crippen LogP contribution in [0, 0.1) is 5.82 Å². The highest BCUT2D eigenvalue weighted by molar-refractivity contribution is 6.21. The number of hydrogen-bond donors (Lipinski definition) is 2. The molecule has 0 bridgehead atoms. The summed E-state index contributed by atoms with van der Waals surface area (Å²) in [5.74, 6) is -1.63. The third-order valence-corrected chi connectivity index (χ3v) is 5.18. The van der Waals surface area contributed by atoms with Gasteiger partial charge in [0.1, 0.15) is 5.82 Å². The summed E-state index contributed by atoms with van der Waals surface area (Å²) in [4.78, 5) is 39.0. The van der Waals surface area contributed by atoms with Gasteiger partial charge in [0.2, 0.25) is 0 Å². The van der Waals surface area contributed by atoms with Crippen molar-refractivity contribution in [3.63, 3.8) is 0 Å². The fourth-order valence-electron chi connectivity index (χ4n) is 3.68. The normalized spacial score (nSPS) is 13.0. The van der Waals surface area contributed by atoms with Gasteiger partial charge in [0.15, 0.2) is 5.82 Å². The van der Waals surface area contributed by atoms with Gasteiger partial charge in [-0.1, -0.05) is 30.3 Å². The molecule has 31 heavy (non-hydrogen) atoms. The van der Waals surface area contributed by atoms with E-state index in [1.54, 1.807) is 60.7 Å². The van der Waals surface area contributed by atoms with Crippen LogP contribution in [0.4, 0.5) is 10.2 Å². The molecule has 2 heterocycles. The highest BCUT2D eigenvalue weighted by Gasteiger charge is 2.35. The van der Waals surface area contributed by atoms with Crippen molar-refractivity contribution >= 4 is 34.4 Å². The molecule has 3 amide bonds. The number of H-pyrrole nitrogens is 1. The van der Waals surface area contributed by atoms with Crippen molar-refractivity contribution in [3.05, 3.63) is 94.8 Å². The first-order valence-corrected chi connectivity index (χ1v) is 9.51. The van der Waals surface area contributed by atoms with Gasteiger partial charge >= 0.3 is 0 Å². The van der Waals surface area contributed by atoms with Gasteiger partial charge < -0.3 is 5.32 Å². The molecule has 0 aliphatic carbocycles. The number of aromatic nitrogens is 2. The number of carbonyl (C=O) groups is 3. The number of nitrogens with one attached hydrogen (secondary N) is 2. The number of fused-ring (bicyclic) bond motifs is 2. The number of anilines is 1. The number of rotatable bonds is 4. The van der Waals surface area contributed by atoms with Crippen LogP contribution >= 0.6 is 0 Å². The number of halogens is 1. The summed E-state index contributed by atoms with van der Waals surface area (Å²) in [6.07, 6.45) is 0. The zero-order chi connectivity index (χ0) is 21.5. The van der Waals surface area contributed by atoms with Gasteiger partial charge in [-0.3, -0.25) is 24.4 Å². The zero-order valence-electron chi connectivity index (χ0n) is 16.1. The van der Waals surface area contributed by atoms with Crippen LogP contribution in [-0.4, -0.2) is 32.8 Å². The van der Waals surface area contributed by atoms with Gasteiger partial charge in [-0.25, -0.2) is 4.39 Å². The lowest BCUT2D eigenvalue weighted by molar-refractivity contribution is 0.0642. The molecule has 2 N–H and O–H groups in total. The maximum absolute atomic E-state index is 14.1. The van der Waals surface area contributed by atoms with Crippen molar-refractivity contribution in [3.8, 4) is 0 Å². The van der Waals surface area contributed by atoms with E-state index in [-0.39, 0.29) is 29.6 Å². The molecule has 1 aliphatic heterocycles. The van der Waals surface area contributed by atoms with E-state index in [1.165, 1.54) is 6.07 Å². The molecule has 0 atom stereocenters. The molecule has 1 aromatic heterocycles. The monoisotopic (exact) mass is 414 g/mol. The fourth-order valence-corrected chi connectivity index (χ4v) is 3.68. The van der Waals surface area contributed by atoms with Crippen LogP contribution in [0.15, 0.2) is 66.7 Å². The van der Waals surface area contributed by atoms with Crippen LogP contribution in [0.3, 0.4) is 0 Å². The number of imide groups is 1. The van der Waals surface area contributed by atoms with Crippen molar-refractivity contribution in [2.75, 3.05) is 5.32 Å². The predicted molar refractivity (Wildman–Crippen MR) is 111 cm³/mol. The van der Waals surface area contributed by atoms with Gasteiger partial charge in [0, 0.05) is 5.56 Å². The van der Waals surface area contributed by atoms with E-state index in [0.717, 1.165) is 4.90 Å². The largest absolute Gasteiger partial charge is 0.304 e. The molecular formula is C23H15FN4O3. The highest BCUT2D eigenvalue weighted by atomic mass is 19.1. The molecule has 1 aliphatic rings. The Labute approximate surface area is 175 Å². The SMILES string of the molecule is O=C(Nc1n[nH]c2cccc(F)c12)c1cccc(CN2C(=O)c3ccccc3C2=O)c1. The lowest BCUT2D eigenvalue weighted by Gasteiger charge is -2.14. The Morgan fingerprint density at radius 1 is 0.968 bits per heavy atom. The van der Waals surface area contributed by atoms with Crippen molar-refractivity contribution in [2.45, 2.75) is 6.54 Å². The molecule has 152 valence electrons. The van der Waals surface area contributed by atoms with Crippen molar-refractivity contribution < 1.29 is 18.8 Å². The standard InChI is InChI=1S/C23H15FN4O3/c24-17-9-4-10-18-19(17)20(27-26-18)25-21(29)14-6-3-5-13(11-14)12-28-22(30)15-7-1-2-8-16(15)23(28)31/h1-11H,12H2,(H2,25,26,27,29). The fraction of sp³-hybridized carbons (Fsp3) is 0.0435. The molecule has 0 unspecified atom stereocenters. The third kappa shape index (κ3) is 3.14. The maximum atomic E-state index is 14.1. The van der Waals surface area contributed by atoms with Crippen LogP contribution in [0.2, 0.25) is 0 Å². The van der Waals surface area contributed by atoms with Crippen molar-refractivity contribution in [1.82, 2.24) is 15.1 Å². The smallest absolute Gasteiger partial charge is 0.261 e. The Hall–Kier alpha value is -4.33. The van der Waals surface area contributed by atoms with E-state index in [9.17, 15) is 18.8 Å². The van der Waals surface area contributed by atoms with Crippen LogP contribution in [-0.2, 0) is 6.54 Å². The average molecular weight is 414 g/mol. The van der Waals surface area contributed by atoms with E-state index in [4.69, 9.17) is 0 Å². The minimum atomic E-state index is -0.499. The number of aromatic amines is 1. The third-order valence-electron chi connectivity index (χ3n) is 5.18. The molecule has 0 radical (unpaired) electrons. The van der Waals surface area contributed by atoms with Crippen molar-refractivity contribution in [2.24, 2.45) is 0 Å². The van der Waals surface area contributed by atoms with Gasteiger partial charge in [-0.15, -0.1) is 0 Å². The summed E-state index contributed by atoms with van der Waals surface area (Å²) >= 11 is 0. The summed E-state index contributed by atoms with van der Waals surface area (Å²) in [6, 6.07) is 17.7. The number of carbonyl (C=O) groups excluding carboxylic acids is 3. The first-order chi connectivity index (χ1) is 15.0. The quantitative estimate of drug-likeness (QED) is 0.497. The molecule has 8 heteroatoms. The predicted octanol–water partition coefficient (Wildman–Crippen LogP) is 3.75. The molecule has 5 rings (SSSR count).